The number of carbonyl (C=O) groups is 2. The molecule has 0 aliphatic heterocycles. The molecule has 0 unspecified atom stereocenters. The van der Waals surface area contributed by atoms with Crippen molar-refractivity contribution in [3.8, 4) is 0 Å². The zero-order chi connectivity index (χ0) is 17.4. The molecule has 24 heavy (non-hydrogen) atoms. The van der Waals surface area contributed by atoms with Gasteiger partial charge in [-0.2, -0.15) is 0 Å². The molecule has 5 nitrogen and oxygen atoms in total. The van der Waals surface area contributed by atoms with E-state index in [2.05, 4.69) is 16.9 Å². The van der Waals surface area contributed by atoms with E-state index in [-0.39, 0.29) is 18.7 Å². The molecular formula is C17H20N2O3S2. The first-order chi connectivity index (χ1) is 11.6. The Bertz CT molecular complexity index is 728. The maximum absolute atomic E-state index is 11.7. The average Bonchev–Trinajstić information content (AvgIpc) is 2.94. The number of anilines is 1. The minimum atomic E-state index is -0.974. The molecule has 1 aromatic heterocycles. The van der Waals surface area contributed by atoms with Crippen LogP contribution in [0.4, 0.5) is 5.69 Å². The van der Waals surface area contributed by atoms with Crippen molar-refractivity contribution < 1.29 is 14.7 Å². The maximum Gasteiger partial charge on any atom is 0.303 e. The molecule has 0 saturated heterocycles. The quantitative estimate of drug-likeness (QED) is 0.367. The highest BCUT2D eigenvalue weighted by molar-refractivity contribution is 8.01. The van der Waals surface area contributed by atoms with Crippen molar-refractivity contribution in [3.63, 3.8) is 0 Å². The molecule has 0 bridgehead atoms. The van der Waals surface area contributed by atoms with Gasteiger partial charge in [-0.05, 0) is 37.5 Å². The summed E-state index contributed by atoms with van der Waals surface area (Å²) in [5, 5.41) is 11.3. The van der Waals surface area contributed by atoms with Gasteiger partial charge in [0.1, 0.15) is 0 Å². The fourth-order valence-corrected chi connectivity index (χ4v) is 4.21. The highest BCUT2D eigenvalue weighted by Gasteiger charge is 2.08. The smallest absolute Gasteiger partial charge is 0.303 e. The summed E-state index contributed by atoms with van der Waals surface area (Å²) >= 11 is 3.36. The van der Waals surface area contributed by atoms with Crippen molar-refractivity contribution >= 4 is 50.9 Å². The van der Waals surface area contributed by atoms with Crippen LogP contribution in [0.5, 0.6) is 0 Å². The van der Waals surface area contributed by atoms with Crippen LogP contribution in [-0.4, -0.2) is 27.7 Å². The predicted molar refractivity (Wildman–Crippen MR) is 99.9 cm³/mol. The van der Waals surface area contributed by atoms with E-state index in [1.54, 1.807) is 29.2 Å². The zero-order valence-corrected chi connectivity index (χ0v) is 14.9. The van der Waals surface area contributed by atoms with E-state index in [4.69, 9.17) is 5.11 Å². The number of fused-ring (bicyclic) bond motifs is 1. The van der Waals surface area contributed by atoms with Crippen LogP contribution in [0, 0.1) is 0 Å². The molecule has 0 aliphatic carbocycles. The third kappa shape index (κ3) is 5.98. The molecule has 2 N–H and O–H groups in total. The van der Waals surface area contributed by atoms with E-state index < -0.39 is 5.97 Å². The molecule has 2 rings (SSSR count). The number of unbranched alkanes of at least 4 members (excludes halogenated alkanes) is 2. The summed E-state index contributed by atoms with van der Waals surface area (Å²) in [5.41, 5.74) is 1.58. The third-order valence-electron chi connectivity index (χ3n) is 3.25. The number of carbonyl (C=O) groups excluding carboxylic acids is 1. The largest absolute Gasteiger partial charge is 0.481 e. The zero-order valence-electron chi connectivity index (χ0n) is 13.3. The maximum atomic E-state index is 11.7. The molecule has 128 valence electrons. The molecule has 0 fully saturated rings. The second-order valence-electron chi connectivity index (χ2n) is 5.24. The summed E-state index contributed by atoms with van der Waals surface area (Å²) in [6, 6.07) is 5.55. The van der Waals surface area contributed by atoms with Crippen LogP contribution in [0.15, 0.2) is 35.2 Å². The molecular weight excluding hydrogens is 344 g/mol. The van der Waals surface area contributed by atoms with Crippen LogP contribution >= 0.6 is 23.1 Å². The fourth-order valence-electron chi connectivity index (χ4n) is 2.04. The first-order valence-corrected chi connectivity index (χ1v) is 9.54. The summed E-state index contributed by atoms with van der Waals surface area (Å²) in [7, 11) is 0. The van der Waals surface area contributed by atoms with Gasteiger partial charge in [0, 0.05) is 17.9 Å². The van der Waals surface area contributed by atoms with Crippen molar-refractivity contribution in [1.29, 1.82) is 0 Å². The van der Waals surface area contributed by atoms with Crippen LogP contribution in [-0.2, 0) is 9.59 Å². The summed E-state index contributed by atoms with van der Waals surface area (Å²) in [4.78, 5) is 26.8. The van der Waals surface area contributed by atoms with E-state index in [0.717, 1.165) is 39.6 Å². The lowest BCUT2D eigenvalue weighted by atomic mass is 10.2. The molecule has 2 aromatic rings. The van der Waals surface area contributed by atoms with E-state index >= 15 is 0 Å². The molecule has 7 heteroatoms. The number of carboxylic acids is 1. The molecule has 1 amide bonds. The number of rotatable bonds is 10. The highest BCUT2D eigenvalue weighted by Crippen LogP contribution is 2.31. The number of nitrogens with one attached hydrogen (secondary N) is 1. The molecule has 1 heterocycles. The van der Waals surface area contributed by atoms with Gasteiger partial charge in [0.25, 0.3) is 0 Å². The van der Waals surface area contributed by atoms with Gasteiger partial charge in [-0.15, -0.1) is 17.9 Å². The van der Waals surface area contributed by atoms with Crippen molar-refractivity contribution in [2.45, 2.75) is 36.4 Å². The number of hydrogen-bond donors (Lipinski definition) is 2. The molecule has 0 saturated carbocycles. The Kier molecular flexibility index (Phi) is 7.27. The number of nitrogens with zero attached hydrogens (tertiary/aromatic N) is 1. The standard InChI is InChI=1S/C17H20N2O3S2/c1-2-3-4-5-10-23-17-19-13-7-6-12(11-14(13)24-17)18-15(20)8-9-16(21)22/h2,6-7,11H,1,3-5,8-10H2,(H,18,20)(H,21,22). The van der Waals surface area contributed by atoms with Gasteiger partial charge in [0.2, 0.25) is 5.91 Å². The van der Waals surface area contributed by atoms with Crippen LogP contribution in [0.2, 0.25) is 0 Å². The first-order valence-electron chi connectivity index (χ1n) is 7.74. The molecule has 1 aromatic carbocycles. The van der Waals surface area contributed by atoms with Crippen LogP contribution in [0.1, 0.15) is 32.1 Å². The summed E-state index contributed by atoms with van der Waals surface area (Å²) in [6.07, 6.45) is 5.08. The van der Waals surface area contributed by atoms with Gasteiger partial charge in [0.15, 0.2) is 4.34 Å². The summed E-state index contributed by atoms with van der Waals surface area (Å²) in [5.74, 6) is -0.234. The van der Waals surface area contributed by atoms with E-state index in [9.17, 15) is 9.59 Å². The van der Waals surface area contributed by atoms with Crippen molar-refractivity contribution in [2.24, 2.45) is 0 Å². The van der Waals surface area contributed by atoms with Gasteiger partial charge < -0.3 is 10.4 Å². The molecule has 0 atom stereocenters. The first kappa shape index (κ1) is 18.5. The third-order valence-corrected chi connectivity index (χ3v) is 5.49. The number of hydrogen-bond acceptors (Lipinski definition) is 5. The lowest BCUT2D eigenvalue weighted by molar-refractivity contribution is -0.138. The van der Waals surface area contributed by atoms with Crippen LogP contribution in [0.3, 0.4) is 0 Å². The number of benzene rings is 1. The minimum Gasteiger partial charge on any atom is -0.481 e. The predicted octanol–water partition coefficient (Wildman–Crippen LogP) is 4.55. The summed E-state index contributed by atoms with van der Waals surface area (Å²) in [6.45, 7) is 3.72. The SMILES string of the molecule is C=CCCCCSc1nc2ccc(NC(=O)CCC(=O)O)cc2s1. The molecule has 0 radical (unpaired) electrons. The number of thioether (sulfide) groups is 1. The van der Waals surface area contributed by atoms with Crippen molar-refractivity contribution in [3.05, 3.63) is 30.9 Å². The van der Waals surface area contributed by atoms with Crippen molar-refractivity contribution in [2.75, 3.05) is 11.1 Å². The van der Waals surface area contributed by atoms with Crippen LogP contribution in [0.25, 0.3) is 10.2 Å². The molecule has 0 aliphatic rings. The topological polar surface area (TPSA) is 79.3 Å². The highest BCUT2D eigenvalue weighted by atomic mass is 32.2. The molecule has 0 spiro atoms. The number of allylic oxidation sites excluding steroid dienone is 1. The number of aliphatic carboxylic acids is 1. The summed E-state index contributed by atoms with van der Waals surface area (Å²) < 4.78 is 2.04. The second-order valence-corrected chi connectivity index (χ2v) is 7.61. The van der Waals surface area contributed by atoms with Crippen molar-refractivity contribution in [1.82, 2.24) is 4.98 Å². The van der Waals surface area contributed by atoms with Gasteiger partial charge >= 0.3 is 5.97 Å². The van der Waals surface area contributed by atoms with Crippen LogP contribution < -0.4 is 5.32 Å². The number of carboxylic acid groups (broad SMARTS) is 1. The van der Waals surface area contributed by atoms with Gasteiger partial charge in [-0.3, -0.25) is 9.59 Å². The van der Waals surface area contributed by atoms with E-state index in [0.29, 0.717) is 5.69 Å². The monoisotopic (exact) mass is 364 g/mol. The average molecular weight is 364 g/mol. The second kappa shape index (κ2) is 9.44. The fraction of sp³-hybridized carbons (Fsp3) is 0.353. The normalized spacial score (nSPS) is 10.7. The Morgan fingerprint density at radius 1 is 1.33 bits per heavy atom. The Morgan fingerprint density at radius 3 is 2.92 bits per heavy atom. The van der Waals surface area contributed by atoms with Gasteiger partial charge in [-0.1, -0.05) is 17.8 Å². The van der Waals surface area contributed by atoms with Gasteiger partial charge in [0.05, 0.1) is 16.6 Å². The lowest BCUT2D eigenvalue weighted by Gasteiger charge is -2.03. The Labute approximate surface area is 149 Å². The number of amides is 1. The van der Waals surface area contributed by atoms with E-state index in [1.165, 1.54) is 0 Å². The lowest BCUT2D eigenvalue weighted by Crippen LogP contribution is -2.12. The minimum absolute atomic E-state index is 0.0259. The van der Waals surface area contributed by atoms with E-state index in [1.807, 2.05) is 18.2 Å². The Hall–Kier alpha value is -1.86. The van der Waals surface area contributed by atoms with Gasteiger partial charge in [-0.25, -0.2) is 4.98 Å². The number of thiazole rings is 1. The Balaban J connectivity index is 1.91. The Morgan fingerprint density at radius 2 is 2.17 bits per heavy atom. The number of aromatic nitrogens is 1.